The van der Waals surface area contributed by atoms with Gasteiger partial charge in [0.25, 0.3) is 0 Å². The average Bonchev–Trinajstić information content (AvgIpc) is 2.70. The predicted molar refractivity (Wildman–Crippen MR) is 101 cm³/mol. The zero-order valence-corrected chi connectivity index (χ0v) is 13.9. The third kappa shape index (κ3) is 2.50. The van der Waals surface area contributed by atoms with E-state index in [4.69, 9.17) is 0 Å². The van der Waals surface area contributed by atoms with E-state index in [2.05, 4.69) is 95.9 Å². The second kappa shape index (κ2) is 6.52. The Morgan fingerprint density at radius 1 is 0.583 bits per heavy atom. The third-order valence-corrected chi connectivity index (χ3v) is 5.20. The standard InChI is InChI=1S/C23H23N/c1-4-12-20(13-5-1)23(21-14-6-2-7-15-21)18-10-11-19-24(23)22-16-8-3-9-17-22/h1-9,12-17H,10-11,18-19H2. The molecule has 120 valence electrons. The molecule has 0 aliphatic carbocycles. The van der Waals surface area contributed by atoms with Crippen molar-refractivity contribution in [1.82, 2.24) is 0 Å². The van der Waals surface area contributed by atoms with Crippen LogP contribution in [0.15, 0.2) is 91.0 Å². The van der Waals surface area contributed by atoms with Crippen LogP contribution in [0, 0.1) is 0 Å². The summed E-state index contributed by atoms with van der Waals surface area (Å²) in [5, 5.41) is 0. The lowest BCUT2D eigenvalue weighted by Gasteiger charge is -2.49. The highest BCUT2D eigenvalue weighted by Gasteiger charge is 2.41. The quantitative estimate of drug-likeness (QED) is 0.606. The fraction of sp³-hybridized carbons (Fsp3) is 0.217. The molecule has 0 bridgehead atoms. The normalized spacial score (nSPS) is 16.8. The molecule has 0 radical (unpaired) electrons. The van der Waals surface area contributed by atoms with Gasteiger partial charge in [-0.25, -0.2) is 0 Å². The third-order valence-electron chi connectivity index (χ3n) is 5.20. The Labute approximate surface area is 144 Å². The second-order valence-corrected chi connectivity index (χ2v) is 6.54. The van der Waals surface area contributed by atoms with Gasteiger partial charge in [-0.3, -0.25) is 0 Å². The summed E-state index contributed by atoms with van der Waals surface area (Å²) in [5.74, 6) is 0. The van der Waals surface area contributed by atoms with Crippen LogP contribution in [0.4, 0.5) is 5.69 Å². The van der Waals surface area contributed by atoms with Crippen molar-refractivity contribution in [3.8, 4) is 0 Å². The van der Waals surface area contributed by atoms with E-state index in [0.29, 0.717) is 0 Å². The number of anilines is 1. The molecule has 1 nitrogen and oxygen atoms in total. The summed E-state index contributed by atoms with van der Waals surface area (Å²) >= 11 is 0. The fourth-order valence-electron chi connectivity index (χ4n) is 4.13. The molecule has 0 aromatic heterocycles. The maximum Gasteiger partial charge on any atom is 0.0906 e. The van der Waals surface area contributed by atoms with E-state index in [1.54, 1.807) is 0 Å². The first-order chi connectivity index (χ1) is 11.9. The molecule has 1 heterocycles. The Hall–Kier alpha value is -2.54. The minimum absolute atomic E-state index is 0.0812. The summed E-state index contributed by atoms with van der Waals surface area (Å²) in [6, 6.07) is 32.9. The molecule has 24 heavy (non-hydrogen) atoms. The molecule has 1 saturated heterocycles. The second-order valence-electron chi connectivity index (χ2n) is 6.54. The summed E-state index contributed by atoms with van der Waals surface area (Å²) < 4.78 is 0. The van der Waals surface area contributed by atoms with Crippen molar-refractivity contribution in [2.45, 2.75) is 24.8 Å². The van der Waals surface area contributed by atoms with Crippen LogP contribution in [-0.4, -0.2) is 6.54 Å². The Bertz CT molecular complexity index is 725. The lowest BCUT2D eigenvalue weighted by molar-refractivity contribution is 0.369. The predicted octanol–water partition coefficient (Wildman–Crippen LogP) is 5.62. The number of hydrogen-bond donors (Lipinski definition) is 0. The van der Waals surface area contributed by atoms with Crippen molar-refractivity contribution in [3.05, 3.63) is 102 Å². The van der Waals surface area contributed by atoms with E-state index in [9.17, 15) is 0 Å². The first-order valence-corrected chi connectivity index (χ1v) is 8.85. The molecule has 1 heteroatoms. The average molecular weight is 313 g/mol. The molecule has 1 fully saturated rings. The molecular formula is C23H23N. The first-order valence-electron chi connectivity index (χ1n) is 8.85. The smallest absolute Gasteiger partial charge is 0.0906 e. The van der Waals surface area contributed by atoms with Crippen LogP contribution in [0.1, 0.15) is 30.4 Å². The van der Waals surface area contributed by atoms with Crippen LogP contribution in [-0.2, 0) is 5.54 Å². The van der Waals surface area contributed by atoms with Crippen LogP contribution < -0.4 is 4.90 Å². The number of rotatable bonds is 3. The summed E-state index contributed by atoms with van der Waals surface area (Å²) in [6.07, 6.45) is 3.65. The minimum Gasteiger partial charge on any atom is -0.358 e. The highest BCUT2D eigenvalue weighted by molar-refractivity contribution is 5.57. The topological polar surface area (TPSA) is 3.24 Å². The molecule has 0 N–H and O–H groups in total. The van der Waals surface area contributed by atoms with Crippen LogP contribution in [0.5, 0.6) is 0 Å². The van der Waals surface area contributed by atoms with Gasteiger partial charge in [-0.15, -0.1) is 0 Å². The molecular weight excluding hydrogens is 290 g/mol. The molecule has 0 saturated carbocycles. The van der Waals surface area contributed by atoms with Gasteiger partial charge in [0.2, 0.25) is 0 Å². The SMILES string of the molecule is c1ccc(N2CCCCC2(c2ccccc2)c2ccccc2)cc1. The number of hydrogen-bond acceptors (Lipinski definition) is 1. The van der Waals surface area contributed by atoms with Crippen LogP contribution >= 0.6 is 0 Å². The van der Waals surface area contributed by atoms with Crippen LogP contribution in [0.3, 0.4) is 0 Å². The molecule has 1 aliphatic heterocycles. The summed E-state index contributed by atoms with van der Waals surface area (Å²) in [4.78, 5) is 2.61. The van der Waals surface area contributed by atoms with Crippen molar-refractivity contribution < 1.29 is 0 Å². The highest BCUT2D eigenvalue weighted by Crippen LogP contribution is 2.45. The van der Waals surface area contributed by atoms with E-state index in [1.165, 1.54) is 29.7 Å². The van der Waals surface area contributed by atoms with Crippen molar-refractivity contribution in [1.29, 1.82) is 0 Å². The number of piperidine rings is 1. The van der Waals surface area contributed by atoms with E-state index in [1.807, 2.05) is 0 Å². The maximum absolute atomic E-state index is 2.61. The van der Waals surface area contributed by atoms with E-state index in [0.717, 1.165) is 13.0 Å². The molecule has 3 aromatic carbocycles. The maximum atomic E-state index is 2.61. The van der Waals surface area contributed by atoms with E-state index in [-0.39, 0.29) is 5.54 Å². The fourth-order valence-corrected chi connectivity index (χ4v) is 4.13. The first kappa shape index (κ1) is 15.0. The van der Waals surface area contributed by atoms with Crippen LogP contribution in [0.2, 0.25) is 0 Å². The van der Waals surface area contributed by atoms with Gasteiger partial charge >= 0.3 is 0 Å². The van der Waals surface area contributed by atoms with Crippen molar-refractivity contribution in [2.24, 2.45) is 0 Å². The van der Waals surface area contributed by atoms with Gasteiger partial charge in [0.05, 0.1) is 5.54 Å². The van der Waals surface area contributed by atoms with Crippen molar-refractivity contribution in [2.75, 3.05) is 11.4 Å². The Balaban J connectivity index is 1.94. The lowest BCUT2D eigenvalue weighted by atomic mass is 9.75. The Morgan fingerprint density at radius 2 is 1.08 bits per heavy atom. The summed E-state index contributed by atoms with van der Waals surface area (Å²) in [5.41, 5.74) is 4.01. The molecule has 3 aromatic rings. The van der Waals surface area contributed by atoms with Crippen LogP contribution in [0.25, 0.3) is 0 Å². The number of para-hydroxylation sites is 1. The molecule has 0 spiro atoms. The van der Waals surface area contributed by atoms with Gasteiger partial charge in [-0.05, 0) is 42.5 Å². The zero-order chi connectivity index (χ0) is 16.2. The van der Waals surface area contributed by atoms with Gasteiger partial charge in [-0.2, -0.15) is 0 Å². The zero-order valence-electron chi connectivity index (χ0n) is 13.9. The van der Waals surface area contributed by atoms with E-state index >= 15 is 0 Å². The number of nitrogens with zero attached hydrogens (tertiary/aromatic N) is 1. The van der Waals surface area contributed by atoms with E-state index < -0.39 is 0 Å². The van der Waals surface area contributed by atoms with Gasteiger partial charge in [-0.1, -0.05) is 78.9 Å². The molecule has 4 rings (SSSR count). The number of benzene rings is 3. The van der Waals surface area contributed by atoms with Gasteiger partial charge in [0.15, 0.2) is 0 Å². The molecule has 0 amide bonds. The van der Waals surface area contributed by atoms with Gasteiger partial charge in [0.1, 0.15) is 0 Å². The minimum atomic E-state index is -0.0812. The summed E-state index contributed by atoms with van der Waals surface area (Å²) in [7, 11) is 0. The molecule has 0 atom stereocenters. The molecule has 1 aliphatic rings. The summed E-state index contributed by atoms with van der Waals surface area (Å²) in [6.45, 7) is 1.09. The van der Waals surface area contributed by atoms with Gasteiger partial charge < -0.3 is 4.90 Å². The molecule has 0 unspecified atom stereocenters. The van der Waals surface area contributed by atoms with Gasteiger partial charge in [0, 0.05) is 12.2 Å². The highest BCUT2D eigenvalue weighted by atomic mass is 15.2. The Kier molecular flexibility index (Phi) is 4.08. The lowest BCUT2D eigenvalue weighted by Crippen LogP contribution is -2.50. The Morgan fingerprint density at radius 3 is 1.62 bits per heavy atom. The van der Waals surface area contributed by atoms with Crippen molar-refractivity contribution in [3.63, 3.8) is 0 Å². The monoisotopic (exact) mass is 313 g/mol. The van der Waals surface area contributed by atoms with Crippen molar-refractivity contribution >= 4 is 5.69 Å². The largest absolute Gasteiger partial charge is 0.358 e.